The van der Waals surface area contributed by atoms with Gasteiger partial charge >= 0.3 is 12.0 Å². The lowest BCUT2D eigenvalue weighted by Gasteiger charge is -2.18. The second-order valence-electron chi connectivity index (χ2n) is 5.88. The molecule has 27 heavy (non-hydrogen) atoms. The number of nitrogens with two attached hydrogens (primary N) is 1. The number of amides is 3. The highest BCUT2D eigenvalue weighted by Gasteiger charge is 2.31. The molecule has 1 aliphatic heterocycles. The van der Waals surface area contributed by atoms with Crippen LogP contribution in [-0.2, 0) is 19.6 Å². The number of hydrogen-bond donors (Lipinski definition) is 2. The summed E-state index contributed by atoms with van der Waals surface area (Å²) in [5, 5.41) is 1.79. The first-order valence-electron chi connectivity index (χ1n) is 8.16. The van der Waals surface area contributed by atoms with Crippen LogP contribution in [-0.4, -0.2) is 56.9 Å². The van der Waals surface area contributed by atoms with Crippen molar-refractivity contribution in [2.45, 2.75) is 30.8 Å². The molecule has 148 valence electrons. The van der Waals surface area contributed by atoms with Gasteiger partial charge in [-0.1, -0.05) is 0 Å². The number of sulfonamides is 1. The Hall–Kier alpha value is -2.66. The predicted octanol–water partition coefficient (Wildman–Crippen LogP) is 0.220. The molecule has 1 aromatic carbocycles. The molecule has 1 unspecified atom stereocenters. The van der Waals surface area contributed by atoms with Crippen LogP contribution in [0.25, 0.3) is 0 Å². The Kier molecular flexibility index (Phi) is 6.39. The summed E-state index contributed by atoms with van der Waals surface area (Å²) in [6, 6.07) is 2.73. The van der Waals surface area contributed by atoms with E-state index in [9.17, 15) is 22.8 Å². The smallest absolute Gasteiger partial charge is 0.338 e. The van der Waals surface area contributed by atoms with Crippen LogP contribution in [0.4, 0.5) is 4.79 Å². The highest BCUT2D eigenvalue weighted by atomic mass is 32.2. The summed E-state index contributed by atoms with van der Waals surface area (Å²) in [6.45, 7) is 2.04. The maximum Gasteiger partial charge on any atom is 0.338 e. The molecule has 3 N–H and O–H groups in total. The highest BCUT2D eigenvalue weighted by molar-refractivity contribution is 7.89. The average molecular weight is 399 g/mol. The fourth-order valence-corrected chi connectivity index (χ4v) is 4.28. The fourth-order valence-electron chi connectivity index (χ4n) is 2.58. The predicted molar refractivity (Wildman–Crippen MR) is 93.6 cm³/mol. The molecule has 0 aromatic heterocycles. The molecule has 0 bridgehead atoms. The van der Waals surface area contributed by atoms with Crippen molar-refractivity contribution in [1.82, 2.24) is 9.62 Å². The number of methoxy groups -OCH3 is 1. The summed E-state index contributed by atoms with van der Waals surface area (Å²) in [4.78, 5) is 34.4. The number of ether oxygens (including phenoxy) is 2. The van der Waals surface area contributed by atoms with Gasteiger partial charge in [-0.3, -0.25) is 10.1 Å². The van der Waals surface area contributed by atoms with Gasteiger partial charge in [0.25, 0.3) is 5.91 Å². The molecule has 1 aliphatic rings. The lowest BCUT2D eigenvalue weighted by atomic mass is 10.2. The van der Waals surface area contributed by atoms with E-state index in [1.807, 2.05) is 0 Å². The van der Waals surface area contributed by atoms with Gasteiger partial charge in [-0.05, 0) is 38.0 Å². The van der Waals surface area contributed by atoms with E-state index in [1.54, 1.807) is 5.32 Å². The van der Waals surface area contributed by atoms with Gasteiger partial charge in [0.1, 0.15) is 10.6 Å². The van der Waals surface area contributed by atoms with Gasteiger partial charge in [0.05, 0.1) is 12.7 Å². The number of hydrogen-bond acceptors (Lipinski definition) is 7. The van der Waals surface area contributed by atoms with Gasteiger partial charge in [-0.25, -0.2) is 18.0 Å². The van der Waals surface area contributed by atoms with Crippen molar-refractivity contribution < 1.29 is 32.3 Å². The van der Waals surface area contributed by atoms with Crippen LogP contribution >= 0.6 is 0 Å². The molecule has 2 rings (SSSR count). The minimum absolute atomic E-state index is 0.0766. The molecule has 0 spiro atoms. The number of benzene rings is 1. The summed E-state index contributed by atoms with van der Waals surface area (Å²) in [7, 11) is -2.51. The summed E-state index contributed by atoms with van der Waals surface area (Å²) in [5.41, 5.74) is 4.76. The van der Waals surface area contributed by atoms with Gasteiger partial charge < -0.3 is 15.2 Å². The van der Waals surface area contributed by atoms with Crippen LogP contribution < -0.4 is 15.8 Å². The first-order chi connectivity index (χ1) is 12.7. The van der Waals surface area contributed by atoms with E-state index in [2.05, 4.69) is 0 Å². The topological polar surface area (TPSA) is 145 Å². The third kappa shape index (κ3) is 4.74. The number of urea groups is 1. The van der Waals surface area contributed by atoms with Crippen molar-refractivity contribution in [3.05, 3.63) is 23.8 Å². The molecule has 3 amide bonds. The Morgan fingerprint density at radius 2 is 1.85 bits per heavy atom. The number of nitrogens with zero attached hydrogens (tertiary/aromatic N) is 1. The zero-order valence-corrected chi connectivity index (χ0v) is 15.7. The monoisotopic (exact) mass is 399 g/mol. The Labute approximate surface area is 156 Å². The van der Waals surface area contributed by atoms with Gasteiger partial charge in [0.15, 0.2) is 6.10 Å². The van der Waals surface area contributed by atoms with Crippen molar-refractivity contribution in [1.29, 1.82) is 0 Å². The van der Waals surface area contributed by atoms with Crippen molar-refractivity contribution in [2.75, 3.05) is 20.2 Å². The summed E-state index contributed by atoms with van der Waals surface area (Å²) in [6.07, 6.45) is 0.219. The normalized spacial score (nSPS) is 15.8. The van der Waals surface area contributed by atoms with Crippen molar-refractivity contribution in [3.63, 3.8) is 0 Å². The minimum Gasteiger partial charge on any atom is -0.495 e. The second-order valence-corrected chi connectivity index (χ2v) is 7.78. The van der Waals surface area contributed by atoms with Gasteiger partial charge in [-0.15, -0.1) is 0 Å². The van der Waals surface area contributed by atoms with E-state index in [-0.39, 0.29) is 16.2 Å². The molecule has 11 heteroatoms. The number of rotatable bonds is 6. The molecule has 0 aliphatic carbocycles. The standard InChI is InChI=1S/C16H21N3O7S/c1-10(14(20)18-16(17)22)26-15(21)11-5-6-12(25-2)13(9-11)27(23,24)19-7-3-4-8-19/h5-6,9-10H,3-4,7-8H2,1-2H3,(H3,17,18,20,22). The molecule has 1 saturated heterocycles. The third-order valence-electron chi connectivity index (χ3n) is 3.98. The summed E-state index contributed by atoms with van der Waals surface area (Å²) >= 11 is 0. The molecular formula is C16H21N3O7S. The van der Waals surface area contributed by atoms with Gasteiger partial charge in [0.2, 0.25) is 10.0 Å². The van der Waals surface area contributed by atoms with E-state index in [1.165, 1.54) is 30.5 Å². The molecule has 0 radical (unpaired) electrons. The number of carbonyl (C=O) groups is 3. The van der Waals surface area contributed by atoms with E-state index in [0.29, 0.717) is 13.1 Å². The molecule has 10 nitrogen and oxygen atoms in total. The van der Waals surface area contributed by atoms with E-state index in [4.69, 9.17) is 15.2 Å². The van der Waals surface area contributed by atoms with Crippen LogP contribution in [0.1, 0.15) is 30.1 Å². The van der Waals surface area contributed by atoms with Crippen LogP contribution in [0.5, 0.6) is 5.75 Å². The number of nitrogens with one attached hydrogen (secondary N) is 1. The van der Waals surface area contributed by atoms with Crippen LogP contribution in [0.15, 0.2) is 23.1 Å². The van der Waals surface area contributed by atoms with E-state index >= 15 is 0 Å². The van der Waals surface area contributed by atoms with Crippen LogP contribution in [0, 0.1) is 0 Å². The molecule has 1 fully saturated rings. The Morgan fingerprint density at radius 1 is 1.22 bits per heavy atom. The number of esters is 1. The lowest BCUT2D eigenvalue weighted by Crippen LogP contribution is -2.42. The van der Waals surface area contributed by atoms with Crippen LogP contribution in [0.3, 0.4) is 0 Å². The van der Waals surface area contributed by atoms with Crippen molar-refractivity contribution in [3.8, 4) is 5.75 Å². The third-order valence-corrected chi connectivity index (χ3v) is 5.90. The maximum atomic E-state index is 12.8. The molecular weight excluding hydrogens is 378 g/mol. The molecule has 1 heterocycles. The minimum atomic E-state index is -3.84. The zero-order chi connectivity index (χ0) is 20.2. The maximum absolute atomic E-state index is 12.8. The number of imide groups is 1. The van der Waals surface area contributed by atoms with Gasteiger partial charge in [0, 0.05) is 13.1 Å². The quantitative estimate of drug-likeness (QED) is 0.651. The molecule has 1 aromatic rings. The average Bonchev–Trinajstić information content (AvgIpc) is 3.15. The SMILES string of the molecule is COc1ccc(C(=O)OC(C)C(=O)NC(N)=O)cc1S(=O)(=O)N1CCCC1. The highest BCUT2D eigenvalue weighted by Crippen LogP contribution is 2.30. The first-order valence-corrected chi connectivity index (χ1v) is 9.60. The molecule has 1 atom stereocenters. The summed E-state index contributed by atoms with van der Waals surface area (Å²) in [5.74, 6) is -1.73. The first kappa shape index (κ1) is 20.6. The lowest BCUT2D eigenvalue weighted by molar-refractivity contribution is -0.127. The Morgan fingerprint density at radius 3 is 2.41 bits per heavy atom. The molecule has 0 saturated carbocycles. The fraction of sp³-hybridized carbons (Fsp3) is 0.438. The van der Waals surface area contributed by atoms with Crippen molar-refractivity contribution in [2.24, 2.45) is 5.73 Å². The Bertz CT molecular complexity index is 848. The van der Waals surface area contributed by atoms with E-state index < -0.39 is 34.0 Å². The number of carbonyl (C=O) groups excluding carboxylic acids is 3. The second kappa shape index (κ2) is 8.35. The Balaban J connectivity index is 2.27. The van der Waals surface area contributed by atoms with E-state index in [0.717, 1.165) is 18.9 Å². The number of primary amides is 1. The largest absolute Gasteiger partial charge is 0.495 e. The van der Waals surface area contributed by atoms with Gasteiger partial charge in [-0.2, -0.15) is 4.31 Å². The van der Waals surface area contributed by atoms with Crippen LogP contribution in [0.2, 0.25) is 0 Å². The zero-order valence-electron chi connectivity index (χ0n) is 14.9. The van der Waals surface area contributed by atoms with Crippen molar-refractivity contribution >= 4 is 27.9 Å². The summed E-state index contributed by atoms with van der Waals surface area (Å²) < 4.78 is 37.0.